The zero-order chi connectivity index (χ0) is 22.8. The Morgan fingerprint density at radius 1 is 0.758 bits per heavy atom. The molecule has 3 aromatic carbocycles. The van der Waals surface area contributed by atoms with Gasteiger partial charge in [-0.1, -0.05) is 66.7 Å². The highest BCUT2D eigenvalue weighted by atomic mass is 19.4. The molecule has 2 N–H and O–H groups in total. The minimum atomic E-state index is -4.48. The lowest BCUT2D eigenvalue weighted by molar-refractivity contribution is -0.137. The number of hydrogen-bond donors (Lipinski definition) is 2. The number of nitrogens with one attached hydrogen (secondary N) is 2. The maximum absolute atomic E-state index is 13.7. The van der Waals surface area contributed by atoms with Crippen molar-refractivity contribution in [2.75, 3.05) is 17.2 Å². The van der Waals surface area contributed by atoms with Gasteiger partial charge in [0.25, 0.3) is 0 Å². The van der Waals surface area contributed by atoms with E-state index in [4.69, 9.17) is 0 Å². The third-order valence-electron chi connectivity index (χ3n) is 5.52. The van der Waals surface area contributed by atoms with E-state index in [1.807, 2.05) is 66.7 Å². The summed E-state index contributed by atoms with van der Waals surface area (Å²) in [6, 6.07) is 26.5. The Kier molecular flexibility index (Phi) is 5.34. The molecular formula is C27H20F3N3. The summed E-state index contributed by atoms with van der Waals surface area (Å²) in [6.45, 7) is 0.640. The lowest BCUT2D eigenvalue weighted by atomic mass is 9.99. The van der Waals surface area contributed by atoms with Crippen LogP contribution in [0.5, 0.6) is 0 Å². The van der Waals surface area contributed by atoms with Gasteiger partial charge in [-0.3, -0.25) is 0 Å². The molecule has 0 amide bonds. The van der Waals surface area contributed by atoms with E-state index in [1.165, 1.54) is 12.1 Å². The van der Waals surface area contributed by atoms with E-state index in [2.05, 4.69) is 15.6 Å². The van der Waals surface area contributed by atoms with Gasteiger partial charge in [0.05, 0.1) is 11.3 Å². The van der Waals surface area contributed by atoms with Gasteiger partial charge in [-0.25, -0.2) is 4.98 Å². The number of hydrogen-bond acceptors (Lipinski definition) is 3. The summed E-state index contributed by atoms with van der Waals surface area (Å²) < 4.78 is 41.2. The summed E-state index contributed by atoms with van der Waals surface area (Å²) in [7, 11) is 0. The number of benzene rings is 3. The quantitative estimate of drug-likeness (QED) is 0.347. The summed E-state index contributed by atoms with van der Waals surface area (Å²) >= 11 is 0. The van der Waals surface area contributed by atoms with Gasteiger partial charge in [-0.15, -0.1) is 0 Å². The third kappa shape index (κ3) is 4.32. The highest BCUT2D eigenvalue weighted by molar-refractivity contribution is 5.86. The van der Waals surface area contributed by atoms with Crippen LogP contribution in [0.1, 0.15) is 11.1 Å². The molecule has 164 valence electrons. The van der Waals surface area contributed by atoms with E-state index in [1.54, 1.807) is 12.1 Å². The standard InChI is InChI=1S/C27H20F3N3/c28-27(29,30)22-12-6-4-10-20(22)25-16-19(18-8-2-1-3-9-18)17-26(33-25)32-24-14-15-31-23-13-7-5-11-21(23)24/h1-14,16-17,31H,15H2,(H,32,33). The van der Waals surface area contributed by atoms with Crippen LogP contribution >= 0.6 is 0 Å². The summed E-state index contributed by atoms with van der Waals surface area (Å²) in [5, 5.41) is 6.66. The average molecular weight is 443 g/mol. The molecule has 0 saturated heterocycles. The predicted octanol–water partition coefficient (Wildman–Crippen LogP) is 7.31. The Hall–Kier alpha value is -4.06. The summed E-state index contributed by atoms with van der Waals surface area (Å²) in [5.74, 6) is 0.478. The first-order valence-electron chi connectivity index (χ1n) is 10.5. The monoisotopic (exact) mass is 443 g/mol. The molecule has 0 atom stereocenters. The molecule has 1 aliphatic rings. The van der Waals surface area contributed by atoms with E-state index < -0.39 is 11.7 Å². The molecular weight excluding hydrogens is 423 g/mol. The number of anilines is 2. The molecule has 0 radical (unpaired) electrons. The summed E-state index contributed by atoms with van der Waals surface area (Å²) in [6.07, 6.45) is -2.48. The van der Waals surface area contributed by atoms with Crippen molar-refractivity contribution in [1.29, 1.82) is 0 Å². The summed E-state index contributed by atoms with van der Waals surface area (Å²) in [4.78, 5) is 4.60. The van der Waals surface area contributed by atoms with Crippen molar-refractivity contribution in [2.45, 2.75) is 6.18 Å². The molecule has 2 heterocycles. The topological polar surface area (TPSA) is 37.0 Å². The van der Waals surface area contributed by atoms with Gasteiger partial charge in [0, 0.05) is 29.1 Å². The van der Waals surface area contributed by atoms with Crippen molar-refractivity contribution in [1.82, 2.24) is 4.98 Å². The van der Waals surface area contributed by atoms with Gasteiger partial charge in [-0.2, -0.15) is 13.2 Å². The van der Waals surface area contributed by atoms with Gasteiger partial charge in [0.15, 0.2) is 0 Å². The van der Waals surface area contributed by atoms with E-state index in [9.17, 15) is 13.2 Å². The van der Waals surface area contributed by atoms with Crippen LogP contribution in [-0.4, -0.2) is 11.5 Å². The Labute approximate surface area is 189 Å². The lowest BCUT2D eigenvalue weighted by Crippen LogP contribution is -2.13. The van der Waals surface area contributed by atoms with Crippen LogP contribution in [0.3, 0.4) is 0 Å². The Morgan fingerprint density at radius 2 is 1.45 bits per heavy atom. The van der Waals surface area contributed by atoms with Crippen molar-refractivity contribution in [3.8, 4) is 22.4 Å². The van der Waals surface area contributed by atoms with Crippen molar-refractivity contribution in [2.24, 2.45) is 0 Å². The molecule has 1 aromatic heterocycles. The van der Waals surface area contributed by atoms with Gasteiger partial charge in [-0.05, 0) is 41.5 Å². The van der Waals surface area contributed by atoms with Crippen molar-refractivity contribution in [3.63, 3.8) is 0 Å². The maximum Gasteiger partial charge on any atom is 0.417 e. The first kappa shape index (κ1) is 20.8. The largest absolute Gasteiger partial charge is 0.417 e. The van der Waals surface area contributed by atoms with E-state index in [0.29, 0.717) is 12.4 Å². The van der Waals surface area contributed by atoms with Crippen LogP contribution in [0.2, 0.25) is 0 Å². The maximum atomic E-state index is 13.7. The van der Waals surface area contributed by atoms with Crippen LogP contribution in [0.4, 0.5) is 24.7 Å². The molecule has 33 heavy (non-hydrogen) atoms. The van der Waals surface area contributed by atoms with Crippen molar-refractivity contribution in [3.05, 3.63) is 108 Å². The number of halogens is 3. The number of fused-ring (bicyclic) bond motifs is 1. The third-order valence-corrected chi connectivity index (χ3v) is 5.52. The Bertz CT molecular complexity index is 1330. The molecule has 5 rings (SSSR count). The number of pyridine rings is 1. The zero-order valence-corrected chi connectivity index (χ0v) is 17.5. The molecule has 0 fully saturated rings. The number of nitrogens with zero attached hydrogens (tertiary/aromatic N) is 1. The van der Waals surface area contributed by atoms with Gasteiger partial charge >= 0.3 is 6.18 Å². The molecule has 1 aliphatic heterocycles. The molecule has 0 unspecified atom stereocenters. The van der Waals surface area contributed by atoms with E-state index in [-0.39, 0.29) is 11.3 Å². The smallest absolute Gasteiger partial charge is 0.381 e. The second-order valence-electron chi connectivity index (χ2n) is 7.70. The van der Waals surface area contributed by atoms with Gasteiger partial charge < -0.3 is 10.6 Å². The fraction of sp³-hybridized carbons (Fsp3) is 0.0741. The van der Waals surface area contributed by atoms with E-state index in [0.717, 1.165) is 34.1 Å². The summed E-state index contributed by atoms with van der Waals surface area (Å²) in [5.41, 5.74) is 4.10. The first-order chi connectivity index (χ1) is 16.0. The SMILES string of the molecule is FC(F)(F)c1ccccc1-c1cc(-c2ccccc2)cc(NC2=CCNc3ccccc32)n1. The lowest BCUT2D eigenvalue weighted by Gasteiger charge is -2.21. The van der Waals surface area contributed by atoms with Gasteiger partial charge in [0.2, 0.25) is 0 Å². The minimum Gasteiger partial charge on any atom is -0.381 e. The average Bonchev–Trinajstić information content (AvgIpc) is 2.84. The molecule has 0 aliphatic carbocycles. The fourth-order valence-corrected chi connectivity index (χ4v) is 3.99. The van der Waals surface area contributed by atoms with Crippen molar-refractivity contribution >= 4 is 17.2 Å². The number of rotatable bonds is 4. The van der Waals surface area contributed by atoms with Crippen molar-refractivity contribution < 1.29 is 13.2 Å². The molecule has 3 nitrogen and oxygen atoms in total. The van der Waals surface area contributed by atoms with Crippen LogP contribution in [0.15, 0.2) is 97.1 Å². The fourth-order valence-electron chi connectivity index (χ4n) is 3.99. The second kappa shape index (κ2) is 8.47. The van der Waals surface area contributed by atoms with E-state index >= 15 is 0 Å². The Morgan fingerprint density at radius 3 is 2.24 bits per heavy atom. The second-order valence-corrected chi connectivity index (χ2v) is 7.70. The highest BCUT2D eigenvalue weighted by Crippen LogP contribution is 2.38. The van der Waals surface area contributed by atoms with Gasteiger partial charge in [0.1, 0.15) is 5.82 Å². The predicted molar refractivity (Wildman–Crippen MR) is 127 cm³/mol. The molecule has 0 saturated carbocycles. The highest BCUT2D eigenvalue weighted by Gasteiger charge is 2.33. The van der Waals surface area contributed by atoms with Crippen LogP contribution in [0, 0.1) is 0 Å². The van der Waals surface area contributed by atoms with Crippen LogP contribution in [-0.2, 0) is 6.18 Å². The first-order valence-corrected chi connectivity index (χ1v) is 10.5. The molecule has 4 aromatic rings. The molecule has 0 bridgehead atoms. The number of aromatic nitrogens is 1. The zero-order valence-electron chi connectivity index (χ0n) is 17.5. The Balaban J connectivity index is 1.64. The number of para-hydroxylation sites is 1. The van der Waals surface area contributed by atoms with Crippen LogP contribution in [0.25, 0.3) is 28.1 Å². The molecule has 0 spiro atoms. The normalized spacial score (nSPS) is 13.0. The number of alkyl halides is 3. The minimum absolute atomic E-state index is 0.0468. The molecule has 6 heteroatoms. The van der Waals surface area contributed by atoms with Crippen LogP contribution < -0.4 is 10.6 Å².